The van der Waals surface area contributed by atoms with E-state index in [1.165, 1.54) is 11.1 Å². The molecule has 3 rings (SSSR count). The summed E-state index contributed by atoms with van der Waals surface area (Å²) in [5.74, 6) is 0. The molecule has 0 saturated heterocycles. The Balaban J connectivity index is 1.86. The lowest BCUT2D eigenvalue weighted by molar-refractivity contribution is 1.43. The zero-order valence-electron chi connectivity index (χ0n) is 12.9. The fraction of sp³-hybridized carbons (Fsp3) is 0.100. The van der Waals surface area contributed by atoms with Crippen LogP contribution in [0.4, 0.5) is 22.7 Å². The van der Waals surface area contributed by atoms with E-state index in [-0.39, 0.29) is 0 Å². The van der Waals surface area contributed by atoms with Crippen LogP contribution in [0, 0.1) is 13.8 Å². The summed E-state index contributed by atoms with van der Waals surface area (Å²) in [7, 11) is 0. The quantitative estimate of drug-likeness (QED) is 0.635. The third-order valence-corrected chi connectivity index (χ3v) is 3.52. The first-order chi connectivity index (χ1) is 10.7. The van der Waals surface area contributed by atoms with Crippen molar-refractivity contribution in [2.75, 3.05) is 10.6 Å². The number of benzene rings is 3. The average Bonchev–Trinajstić information content (AvgIpc) is 2.49. The highest BCUT2D eigenvalue weighted by atomic mass is 15.0. The van der Waals surface area contributed by atoms with Gasteiger partial charge in [0.1, 0.15) is 0 Å². The van der Waals surface area contributed by atoms with Gasteiger partial charge in [-0.3, -0.25) is 0 Å². The standard InChI is InChI=1S/C20H20N2/c1-15-7-5-9-17(13-15)21-19-11-3-4-12-20(19)22-18-10-6-8-16(2)14-18/h3-14,21-22H,1-2H3. The maximum atomic E-state index is 3.49. The van der Waals surface area contributed by atoms with Gasteiger partial charge in [-0.05, 0) is 61.4 Å². The van der Waals surface area contributed by atoms with E-state index in [0.29, 0.717) is 0 Å². The molecular formula is C20H20N2. The Morgan fingerprint density at radius 1 is 0.545 bits per heavy atom. The van der Waals surface area contributed by atoms with Crippen molar-refractivity contribution in [1.29, 1.82) is 0 Å². The van der Waals surface area contributed by atoms with Gasteiger partial charge in [0, 0.05) is 11.4 Å². The van der Waals surface area contributed by atoms with Crippen molar-refractivity contribution in [3.8, 4) is 0 Å². The molecule has 0 aliphatic heterocycles. The zero-order valence-corrected chi connectivity index (χ0v) is 12.9. The van der Waals surface area contributed by atoms with Crippen molar-refractivity contribution in [3.05, 3.63) is 83.9 Å². The fourth-order valence-electron chi connectivity index (χ4n) is 2.46. The molecule has 3 aromatic rings. The van der Waals surface area contributed by atoms with E-state index in [1.54, 1.807) is 0 Å². The van der Waals surface area contributed by atoms with E-state index in [2.05, 4.69) is 85.1 Å². The molecule has 0 aliphatic carbocycles. The van der Waals surface area contributed by atoms with Crippen molar-refractivity contribution < 1.29 is 0 Å². The average molecular weight is 288 g/mol. The molecule has 0 aliphatic rings. The number of anilines is 4. The highest BCUT2D eigenvalue weighted by Gasteiger charge is 2.03. The maximum Gasteiger partial charge on any atom is 0.0623 e. The fourth-order valence-corrected chi connectivity index (χ4v) is 2.46. The van der Waals surface area contributed by atoms with Crippen LogP contribution in [0.25, 0.3) is 0 Å². The Kier molecular flexibility index (Phi) is 4.10. The van der Waals surface area contributed by atoms with Crippen LogP contribution in [0.3, 0.4) is 0 Å². The van der Waals surface area contributed by atoms with E-state index >= 15 is 0 Å². The normalized spacial score (nSPS) is 10.3. The molecule has 22 heavy (non-hydrogen) atoms. The van der Waals surface area contributed by atoms with Crippen molar-refractivity contribution in [2.45, 2.75) is 13.8 Å². The second-order valence-electron chi connectivity index (χ2n) is 5.53. The minimum Gasteiger partial charge on any atom is -0.354 e. The molecule has 0 bridgehead atoms. The number of para-hydroxylation sites is 2. The molecule has 0 aromatic heterocycles. The molecule has 0 spiro atoms. The van der Waals surface area contributed by atoms with Crippen LogP contribution in [0.15, 0.2) is 72.8 Å². The lowest BCUT2D eigenvalue weighted by Crippen LogP contribution is -1.97. The van der Waals surface area contributed by atoms with Crippen LogP contribution < -0.4 is 10.6 Å². The highest BCUT2D eigenvalue weighted by Crippen LogP contribution is 2.28. The summed E-state index contributed by atoms with van der Waals surface area (Å²) in [4.78, 5) is 0. The number of hydrogen-bond acceptors (Lipinski definition) is 2. The molecule has 0 fully saturated rings. The first-order valence-corrected chi connectivity index (χ1v) is 7.47. The molecule has 2 nitrogen and oxygen atoms in total. The second-order valence-corrected chi connectivity index (χ2v) is 5.53. The van der Waals surface area contributed by atoms with Crippen molar-refractivity contribution in [2.24, 2.45) is 0 Å². The summed E-state index contributed by atoms with van der Waals surface area (Å²) < 4.78 is 0. The van der Waals surface area contributed by atoms with Gasteiger partial charge >= 0.3 is 0 Å². The van der Waals surface area contributed by atoms with Crippen LogP contribution >= 0.6 is 0 Å². The smallest absolute Gasteiger partial charge is 0.0623 e. The Bertz CT molecular complexity index is 711. The topological polar surface area (TPSA) is 24.1 Å². The minimum atomic E-state index is 1.06. The summed E-state index contributed by atoms with van der Waals surface area (Å²) in [6, 6.07) is 25.0. The van der Waals surface area contributed by atoms with Gasteiger partial charge in [0.15, 0.2) is 0 Å². The Labute approximate surface area is 131 Å². The molecule has 0 unspecified atom stereocenters. The maximum absolute atomic E-state index is 3.49. The zero-order chi connectivity index (χ0) is 15.4. The van der Waals surface area contributed by atoms with Crippen LogP contribution in [0.2, 0.25) is 0 Å². The molecular weight excluding hydrogens is 268 g/mol. The van der Waals surface area contributed by atoms with E-state index < -0.39 is 0 Å². The molecule has 0 atom stereocenters. The predicted molar refractivity (Wildman–Crippen MR) is 95.4 cm³/mol. The number of rotatable bonds is 4. The van der Waals surface area contributed by atoms with Crippen molar-refractivity contribution in [1.82, 2.24) is 0 Å². The van der Waals surface area contributed by atoms with Gasteiger partial charge in [-0.2, -0.15) is 0 Å². The summed E-state index contributed by atoms with van der Waals surface area (Å²) in [5, 5.41) is 6.97. The summed E-state index contributed by atoms with van der Waals surface area (Å²) in [6.07, 6.45) is 0. The summed E-state index contributed by atoms with van der Waals surface area (Å²) in [5.41, 5.74) is 6.81. The van der Waals surface area contributed by atoms with E-state index in [1.807, 2.05) is 12.1 Å². The largest absolute Gasteiger partial charge is 0.354 e. The van der Waals surface area contributed by atoms with Crippen molar-refractivity contribution in [3.63, 3.8) is 0 Å². The molecule has 0 amide bonds. The van der Waals surface area contributed by atoms with E-state index in [0.717, 1.165) is 22.7 Å². The molecule has 0 radical (unpaired) electrons. The highest BCUT2D eigenvalue weighted by molar-refractivity contribution is 5.78. The van der Waals surface area contributed by atoms with Gasteiger partial charge in [0.05, 0.1) is 11.4 Å². The van der Waals surface area contributed by atoms with Gasteiger partial charge in [-0.1, -0.05) is 36.4 Å². The lowest BCUT2D eigenvalue weighted by Gasteiger charge is -2.14. The molecule has 110 valence electrons. The van der Waals surface area contributed by atoms with Gasteiger partial charge in [-0.15, -0.1) is 0 Å². The number of nitrogens with one attached hydrogen (secondary N) is 2. The monoisotopic (exact) mass is 288 g/mol. The second kappa shape index (κ2) is 6.35. The van der Waals surface area contributed by atoms with Gasteiger partial charge < -0.3 is 10.6 Å². The van der Waals surface area contributed by atoms with E-state index in [4.69, 9.17) is 0 Å². The van der Waals surface area contributed by atoms with Crippen LogP contribution in [0.5, 0.6) is 0 Å². The van der Waals surface area contributed by atoms with Gasteiger partial charge in [0.2, 0.25) is 0 Å². The molecule has 0 heterocycles. The molecule has 3 aromatic carbocycles. The first kappa shape index (κ1) is 14.2. The molecule has 2 heteroatoms. The first-order valence-electron chi connectivity index (χ1n) is 7.47. The van der Waals surface area contributed by atoms with Gasteiger partial charge in [0.25, 0.3) is 0 Å². The number of aryl methyl sites for hydroxylation is 2. The Morgan fingerprint density at radius 3 is 1.41 bits per heavy atom. The third-order valence-electron chi connectivity index (χ3n) is 3.52. The lowest BCUT2D eigenvalue weighted by atomic mass is 10.2. The molecule has 2 N–H and O–H groups in total. The van der Waals surface area contributed by atoms with Crippen LogP contribution in [-0.2, 0) is 0 Å². The van der Waals surface area contributed by atoms with E-state index in [9.17, 15) is 0 Å². The summed E-state index contributed by atoms with van der Waals surface area (Å²) in [6.45, 7) is 4.20. The van der Waals surface area contributed by atoms with Crippen molar-refractivity contribution >= 4 is 22.7 Å². The Hall–Kier alpha value is -2.74. The summed E-state index contributed by atoms with van der Waals surface area (Å²) >= 11 is 0. The number of hydrogen-bond donors (Lipinski definition) is 2. The van der Waals surface area contributed by atoms with Crippen LogP contribution in [0.1, 0.15) is 11.1 Å². The van der Waals surface area contributed by atoms with Gasteiger partial charge in [-0.25, -0.2) is 0 Å². The SMILES string of the molecule is Cc1cccc(Nc2ccccc2Nc2cccc(C)c2)c1. The minimum absolute atomic E-state index is 1.06. The third kappa shape index (κ3) is 3.47. The Morgan fingerprint density at radius 2 is 1.00 bits per heavy atom. The molecule has 0 saturated carbocycles. The van der Waals surface area contributed by atoms with Crippen LogP contribution in [-0.4, -0.2) is 0 Å². The predicted octanol–water partition coefficient (Wildman–Crippen LogP) is 5.79.